The summed E-state index contributed by atoms with van der Waals surface area (Å²) in [5, 5.41) is 6.90. The molecule has 1 aliphatic heterocycles. The van der Waals surface area contributed by atoms with Gasteiger partial charge in [-0.1, -0.05) is 6.92 Å². The van der Waals surface area contributed by atoms with Gasteiger partial charge in [-0.05, 0) is 20.3 Å². The Hall–Kier alpha value is -1.17. The molecule has 0 atom stereocenters. The smallest absolute Gasteiger partial charge is 0.276 e. The van der Waals surface area contributed by atoms with Gasteiger partial charge in [0.2, 0.25) is 0 Å². The first-order valence-corrected chi connectivity index (χ1v) is 7.19. The zero-order chi connectivity index (χ0) is 13.3. The quantitative estimate of drug-likeness (QED) is 0.853. The number of aromatic amines is 1. The van der Waals surface area contributed by atoms with Crippen molar-refractivity contribution in [2.45, 2.75) is 31.9 Å². The van der Waals surface area contributed by atoms with Gasteiger partial charge in [-0.25, -0.2) is 0 Å². The van der Waals surface area contributed by atoms with Crippen LogP contribution in [0.15, 0.2) is 0 Å². The highest BCUT2D eigenvalue weighted by Crippen LogP contribution is 2.30. The van der Waals surface area contributed by atoms with Gasteiger partial charge in [0.1, 0.15) is 0 Å². The number of nitrogens with one attached hydrogen (secondary N) is 1. The Bertz CT molecular complexity index is 455. The molecule has 0 saturated carbocycles. The number of thioether (sulfide) groups is 1. The number of H-pyrrole nitrogens is 1. The lowest BCUT2D eigenvalue weighted by molar-refractivity contribution is 0.0743. The standard InChI is InChI=1S/C12H20N4OS/c1-4-8-9(13)10(15-14-8)11(17)16-5-6-18-12(2,3)7-16/h4-7,13H2,1-3H3,(H,14,15). The van der Waals surface area contributed by atoms with Gasteiger partial charge in [-0.3, -0.25) is 9.89 Å². The number of anilines is 1. The van der Waals surface area contributed by atoms with Crippen LogP contribution in [0.3, 0.4) is 0 Å². The molecule has 0 spiro atoms. The van der Waals surface area contributed by atoms with E-state index in [2.05, 4.69) is 24.0 Å². The van der Waals surface area contributed by atoms with Crippen LogP contribution in [0.4, 0.5) is 5.69 Å². The van der Waals surface area contributed by atoms with Crippen LogP contribution < -0.4 is 5.73 Å². The van der Waals surface area contributed by atoms with Gasteiger partial charge in [0, 0.05) is 23.6 Å². The van der Waals surface area contributed by atoms with Gasteiger partial charge in [-0.15, -0.1) is 0 Å². The van der Waals surface area contributed by atoms with Crippen LogP contribution in [0.1, 0.15) is 37.0 Å². The van der Waals surface area contributed by atoms with Gasteiger partial charge >= 0.3 is 0 Å². The molecule has 100 valence electrons. The van der Waals surface area contributed by atoms with Crippen molar-refractivity contribution in [2.24, 2.45) is 0 Å². The summed E-state index contributed by atoms with van der Waals surface area (Å²) < 4.78 is 0.104. The second kappa shape index (κ2) is 4.84. The number of aromatic nitrogens is 2. The third-order valence-corrected chi connectivity index (χ3v) is 4.45. The Labute approximate surface area is 111 Å². The number of aryl methyl sites for hydroxylation is 1. The van der Waals surface area contributed by atoms with Crippen LogP contribution in [0.5, 0.6) is 0 Å². The first-order chi connectivity index (χ1) is 8.44. The molecule has 1 amide bonds. The number of nitrogens with two attached hydrogens (primary N) is 1. The first kappa shape index (κ1) is 13.3. The molecule has 1 aromatic heterocycles. The maximum atomic E-state index is 12.4. The van der Waals surface area contributed by atoms with E-state index >= 15 is 0 Å². The third-order valence-electron chi connectivity index (χ3n) is 3.15. The normalized spacial score (nSPS) is 18.9. The lowest BCUT2D eigenvalue weighted by Crippen LogP contribution is -2.46. The van der Waals surface area contributed by atoms with Gasteiger partial charge in [0.25, 0.3) is 5.91 Å². The highest BCUT2D eigenvalue weighted by molar-refractivity contribution is 8.00. The number of carbonyl (C=O) groups is 1. The molecule has 0 unspecified atom stereocenters. The van der Waals surface area contributed by atoms with Crippen molar-refractivity contribution >= 4 is 23.4 Å². The van der Waals surface area contributed by atoms with Gasteiger partial charge < -0.3 is 10.6 Å². The summed E-state index contributed by atoms with van der Waals surface area (Å²) in [7, 11) is 0. The maximum absolute atomic E-state index is 12.4. The van der Waals surface area contributed by atoms with Crippen LogP contribution in [-0.2, 0) is 6.42 Å². The minimum absolute atomic E-state index is 0.0585. The molecular formula is C12H20N4OS. The van der Waals surface area contributed by atoms with E-state index in [9.17, 15) is 4.79 Å². The molecule has 6 heteroatoms. The SMILES string of the molecule is CCc1[nH]nc(C(=O)N2CCSC(C)(C)C2)c1N. The number of amides is 1. The third kappa shape index (κ3) is 2.48. The van der Waals surface area contributed by atoms with Gasteiger partial charge in [0.05, 0.1) is 11.4 Å². The van der Waals surface area contributed by atoms with E-state index in [0.717, 1.165) is 31.0 Å². The van der Waals surface area contributed by atoms with Crippen LogP contribution in [0.25, 0.3) is 0 Å². The highest BCUT2D eigenvalue weighted by atomic mass is 32.2. The summed E-state index contributed by atoms with van der Waals surface area (Å²) in [6.07, 6.45) is 0.757. The monoisotopic (exact) mass is 268 g/mol. The lowest BCUT2D eigenvalue weighted by atomic mass is 10.1. The van der Waals surface area contributed by atoms with Crippen molar-refractivity contribution in [2.75, 3.05) is 24.6 Å². The second-order valence-corrected chi connectivity index (χ2v) is 6.95. The molecule has 2 rings (SSSR count). The van der Waals surface area contributed by atoms with Crippen LogP contribution in [-0.4, -0.2) is 44.6 Å². The van der Waals surface area contributed by atoms with Gasteiger partial charge in [-0.2, -0.15) is 16.9 Å². The fourth-order valence-electron chi connectivity index (χ4n) is 2.16. The number of nitrogens with zero attached hydrogens (tertiary/aromatic N) is 2. The minimum atomic E-state index is -0.0585. The van der Waals surface area contributed by atoms with Crippen molar-refractivity contribution in [3.05, 3.63) is 11.4 Å². The van der Waals surface area contributed by atoms with Crippen molar-refractivity contribution in [3.63, 3.8) is 0 Å². The molecule has 2 heterocycles. The average Bonchev–Trinajstić information content (AvgIpc) is 2.68. The molecule has 1 aromatic rings. The van der Waals surface area contributed by atoms with Crippen molar-refractivity contribution in [1.29, 1.82) is 0 Å². The maximum Gasteiger partial charge on any atom is 0.276 e. The van der Waals surface area contributed by atoms with E-state index in [1.54, 1.807) is 0 Å². The van der Waals surface area contributed by atoms with E-state index in [4.69, 9.17) is 5.73 Å². The summed E-state index contributed by atoms with van der Waals surface area (Å²) in [6, 6.07) is 0. The average molecular weight is 268 g/mol. The zero-order valence-corrected chi connectivity index (χ0v) is 11.9. The molecule has 0 aliphatic carbocycles. The predicted octanol–water partition coefficient (Wildman–Crippen LogP) is 1.52. The van der Waals surface area contributed by atoms with E-state index in [1.165, 1.54) is 0 Å². The molecule has 5 nitrogen and oxygen atoms in total. The fourth-order valence-corrected chi connectivity index (χ4v) is 3.27. The van der Waals surface area contributed by atoms with E-state index in [0.29, 0.717) is 11.4 Å². The topological polar surface area (TPSA) is 75.0 Å². The Morgan fingerprint density at radius 1 is 1.61 bits per heavy atom. The second-order valence-electron chi connectivity index (χ2n) is 5.15. The molecule has 0 aromatic carbocycles. The molecule has 0 bridgehead atoms. The Morgan fingerprint density at radius 3 is 2.89 bits per heavy atom. The summed E-state index contributed by atoms with van der Waals surface area (Å²) >= 11 is 1.90. The summed E-state index contributed by atoms with van der Waals surface area (Å²) in [5.41, 5.74) is 7.65. The molecular weight excluding hydrogens is 248 g/mol. The molecule has 1 fully saturated rings. The van der Waals surface area contributed by atoms with E-state index in [-0.39, 0.29) is 10.7 Å². The summed E-state index contributed by atoms with van der Waals surface area (Å²) in [6.45, 7) is 7.80. The Balaban J connectivity index is 2.18. The van der Waals surface area contributed by atoms with Crippen LogP contribution in [0.2, 0.25) is 0 Å². The molecule has 0 radical (unpaired) electrons. The van der Waals surface area contributed by atoms with Crippen molar-refractivity contribution < 1.29 is 4.79 Å². The van der Waals surface area contributed by atoms with Crippen LogP contribution >= 0.6 is 11.8 Å². The number of nitrogen functional groups attached to an aromatic ring is 1. The Morgan fingerprint density at radius 2 is 2.33 bits per heavy atom. The van der Waals surface area contributed by atoms with Gasteiger partial charge in [0.15, 0.2) is 5.69 Å². The highest BCUT2D eigenvalue weighted by Gasteiger charge is 2.32. The number of rotatable bonds is 2. The van der Waals surface area contributed by atoms with Crippen molar-refractivity contribution in [1.82, 2.24) is 15.1 Å². The number of hydrogen-bond donors (Lipinski definition) is 2. The molecule has 1 saturated heterocycles. The fraction of sp³-hybridized carbons (Fsp3) is 0.667. The lowest BCUT2D eigenvalue weighted by Gasteiger charge is -2.37. The minimum Gasteiger partial charge on any atom is -0.395 e. The van der Waals surface area contributed by atoms with Crippen molar-refractivity contribution in [3.8, 4) is 0 Å². The first-order valence-electron chi connectivity index (χ1n) is 6.20. The molecule has 1 aliphatic rings. The zero-order valence-electron chi connectivity index (χ0n) is 11.1. The number of carbonyl (C=O) groups excluding carboxylic acids is 1. The molecule has 18 heavy (non-hydrogen) atoms. The number of hydrogen-bond acceptors (Lipinski definition) is 4. The van der Waals surface area contributed by atoms with E-state index in [1.807, 2.05) is 23.6 Å². The summed E-state index contributed by atoms with van der Waals surface area (Å²) in [4.78, 5) is 14.2. The van der Waals surface area contributed by atoms with Crippen LogP contribution in [0, 0.1) is 0 Å². The Kier molecular flexibility index (Phi) is 3.56. The van der Waals surface area contributed by atoms with E-state index < -0.39 is 0 Å². The molecule has 3 N–H and O–H groups in total. The summed E-state index contributed by atoms with van der Waals surface area (Å²) in [5.74, 6) is 0.904. The predicted molar refractivity (Wildman–Crippen MR) is 74.8 cm³/mol. The largest absolute Gasteiger partial charge is 0.395 e.